The van der Waals surface area contributed by atoms with Crippen molar-refractivity contribution in [2.75, 3.05) is 13.2 Å². The zero-order valence-corrected chi connectivity index (χ0v) is 11.6. The highest BCUT2D eigenvalue weighted by Crippen LogP contribution is 1.95. The fraction of sp³-hybridized carbons (Fsp3) is 0.846. The van der Waals surface area contributed by atoms with E-state index in [1.807, 2.05) is 20.8 Å². The van der Waals surface area contributed by atoms with Gasteiger partial charge in [0, 0.05) is 12.8 Å². The van der Waals surface area contributed by atoms with Crippen LogP contribution in [0.25, 0.3) is 0 Å². The van der Waals surface area contributed by atoms with Crippen molar-refractivity contribution in [1.29, 1.82) is 0 Å². The van der Waals surface area contributed by atoms with E-state index in [0.29, 0.717) is 26.1 Å². The molecule has 0 bridgehead atoms. The van der Waals surface area contributed by atoms with Gasteiger partial charge in [0.15, 0.2) is 0 Å². The molecule has 0 aromatic carbocycles. The zero-order valence-electron chi connectivity index (χ0n) is 11.6. The molecular formula is C13H26O4. The monoisotopic (exact) mass is 246 g/mol. The first kappa shape index (κ1) is 18.3. The molecule has 0 heterocycles. The van der Waals surface area contributed by atoms with Crippen LogP contribution >= 0.6 is 0 Å². The van der Waals surface area contributed by atoms with E-state index >= 15 is 0 Å². The number of esters is 2. The summed E-state index contributed by atoms with van der Waals surface area (Å²) in [5.41, 5.74) is 0. The second-order valence-corrected chi connectivity index (χ2v) is 3.46. The van der Waals surface area contributed by atoms with E-state index in [1.165, 1.54) is 0 Å². The van der Waals surface area contributed by atoms with E-state index in [0.717, 1.165) is 19.3 Å². The average molecular weight is 246 g/mol. The molecule has 0 aliphatic rings. The van der Waals surface area contributed by atoms with Crippen LogP contribution in [-0.4, -0.2) is 25.2 Å². The standard InChI is InChI=1S/C7H14O2.C6H12O2/c1-3-5-6-7(8)9-4-2;1-3-5-6(7)8-4-2/h3-6H2,1-2H3;3-5H2,1-2H3. The molecule has 4 nitrogen and oxygen atoms in total. The van der Waals surface area contributed by atoms with E-state index in [2.05, 4.69) is 11.7 Å². The number of ether oxygens (including phenoxy) is 2. The number of unbranched alkanes of at least 4 members (excludes halogenated alkanes) is 1. The largest absolute Gasteiger partial charge is 0.466 e. The van der Waals surface area contributed by atoms with Crippen LogP contribution in [0.1, 0.15) is 59.8 Å². The Bertz CT molecular complexity index is 182. The molecule has 0 saturated carbocycles. The first-order chi connectivity index (χ1) is 8.12. The summed E-state index contributed by atoms with van der Waals surface area (Å²) in [6, 6.07) is 0. The Kier molecular flexibility index (Phi) is 16.1. The number of carbonyl (C=O) groups excluding carboxylic acids is 2. The van der Waals surface area contributed by atoms with Crippen LogP contribution in [0.3, 0.4) is 0 Å². The minimum Gasteiger partial charge on any atom is -0.466 e. The number of hydrogen-bond acceptors (Lipinski definition) is 4. The van der Waals surface area contributed by atoms with Gasteiger partial charge < -0.3 is 9.47 Å². The van der Waals surface area contributed by atoms with Gasteiger partial charge in [0.2, 0.25) is 0 Å². The SMILES string of the molecule is CCCC(=O)OCC.CCCCC(=O)OCC. The molecule has 0 amide bonds. The molecule has 17 heavy (non-hydrogen) atoms. The van der Waals surface area contributed by atoms with Crippen LogP contribution in [0, 0.1) is 0 Å². The smallest absolute Gasteiger partial charge is 0.305 e. The molecule has 0 N–H and O–H groups in total. The second kappa shape index (κ2) is 14.9. The topological polar surface area (TPSA) is 52.6 Å². The summed E-state index contributed by atoms with van der Waals surface area (Å²) >= 11 is 0. The van der Waals surface area contributed by atoms with Gasteiger partial charge in [-0.25, -0.2) is 0 Å². The quantitative estimate of drug-likeness (QED) is 0.648. The minimum atomic E-state index is -0.0880. The average Bonchev–Trinajstić information content (AvgIpc) is 2.28. The van der Waals surface area contributed by atoms with E-state index in [9.17, 15) is 9.59 Å². The van der Waals surface area contributed by atoms with Crippen LogP contribution in [0.2, 0.25) is 0 Å². The zero-order chi connectivity index (χ0) is 13.5. The van der Waals surface area contributed by atoms with Crippen LogP contribution in [-0.2, 0) is 19.1 Å². The summed E-state index contributed by atoms with van der Waals surface area (Å²) in [5.74, 6) is -0.158. The van der Waals surface area contributed by atoms with Gasteiger partial charge in [-0.3, -0.25) is 9.59 Å². The van der Waals surface area contributed by atoms with Crippen LogP contribution in [0.4, 0.5) is 0 Å². The molecule has 0 aromatic rings. The molecule has 0 saturated heterocycles. The van der Waals surface area contributed by atoms with Gasteiger partial charge in [0.05, 0.1) is 13.2 Å². The first-order valence-corrected chi connectivity index (χ1v) is 6.43. The lowest BCUT2D eigenvalue weighted by Gasteiger charge is -1.97. The lowest BCUT2D eigenvalue weighted by Crippen LogP contribution is -2.02. The summed E-state index contributed by atoms with van der Waals surface area (Å²) in [4.78, 5) is 21.0. The summed E-state index contributed by atoms with van der Waals surface area (Å²) in [7, 11) is 0. The Morgan fingerprint density at radius 2 is 1.24 bits per heavy atom. The third kappa shape index (κ3) is 17.5. The Morgan fingerprint density at radius 1 is 0.765 bits per heavy atom. The van der Waals surface area contributed by atoms with Gasteiger partial charge >= 0.3 is 11.9 Å². The van der Waals surface area contributed by atoms with E-state index < -0.39 is 0 Å². The first-order valence-electron chi connectivity index (χ1n) is 6.43. The number of hydrogen-bond donors (Lipinski definition) is 0. The van der Waals surface area contributed by atoms with Gasteiger partial charge in [0.25, 0.3) is 0 Å². The second-order valence-electron chi connectivity index (χ2n) is 3.46. The lowest BCUT2D eigenvalue weighted by atomic mass is 10.3. The highest BCUT2D eigenvalue weighted by atomic mass is 16.5. The van der Waals surface area contributed by atoms with Crippen molar-refractivity contribution in [3.63, 3.8) is 0 Å². The lowest BCUT2D eigenvalue weighted by molar-refractivity contribution is -0.144. The van der Waals surface area contributed by atoms with Crippen LogP contribution in [0.15, 0.2) is 0 Å². The van der Waals surface area contributed by atoms with E-state index in [4.69, 9.17) is 4.74 Å². The molecule has 0 spiro atoms. The molecule has 0 aliphatic heterocycles. The molecule has 0 unspecified atom stereocenters. The highest BCUT2D eigenvalue weighted by Gasteiger charge is 1.97. The third-order valence-electron chi connectivity index (χ3n) is 1.80. The highest BCUT2D eigenvalue weighted by molar-refractivity contribution is 5.69. The Hall–Kier alpha value is -1.06. The van der Waals surface area contributed by atoms with Crippen LogP contribution in [0.5, 0.6) is 0 Å². The molecule has 0 aromatic heterocycles. The molecule has 0 aliphatic carbocycles. The summed E-state index contributed by atoms with van der Waals surface area (Å²) in [5, 5.41) is 0. The molecule has 102 valence electrons. The summed E-state index contributed by atoms with van der Waals surface area (Å²) in [6.45, 7) is 8.65. The fourth-order valence-corrected chi connectivity index (χ4v) is 0.992. The molecular weight excluding hydrogens is 220 g/mol. The van der Waals surface area contributed by atoms with Gasteiger partial charge in [-0.05, 0) is 26.7 Å². The van der Waals surface area contributed by atoms with E-state index in [1.54, 1.807) is 0 Å². The van der Waals surface area contributed by atoms with Gasteiger partial charge in [-0.2, -0.15) is 0 Å². The van der Waals surface area contributed by atoms with Gasteiger partial charge in [-0.1, -0.05) is 20.3 Å². The third-order valence-corrected chi connectivity index (χ3v) is 1.80. The maximum absolute atomic E-state index is 10.6. The number of carbonyl (C=O) groups is 2. The fourth-order valence-electron chi connectivity index (χ4n) is 0.992. The summed E-state index contributed by atoms with van der Waals surface area (Å²) < 4.78 is 9.35. The predicted molar refractivity (Wildman–Crippen MR) is 67.7 cm³/mol. The molecule has 0 fully saturated rings. The van der Waals surface area contributed by atoms with Crippen LogP contribution < -0.4 is 0 Å². The van der Waals surface area contributed by atoms with Crippen molar-refractivity contribution in [2.45, 2.75) is 59.8 Å². The Morgan fingerprint density at radius 3 is 1.59 bits per heavy atom. The van der Waals surface area contributed by atoms with Crippen molar-refractivity contribution >= 4 is 11.9 Å². The maximum atomic E-state index is 10.6. The maximum Gasteiger partial charge on any atom is 0.305 e. The molecule has 0 radical (unpaired) electrons. The van der Waals surface area contributed by atoms with Crippen molar-refractivity contribution in [3.05, 3.63) is 0 Å². The van der Waals surface area contributed by atoms with Crippen molar-refractivity contribution in [2.24, 2.45) is 0 Å². The Balaban J connectivity index is 0. The molecule has 0 rings (SSSR count). The van der Waals surface area contributed by atoms with Crippen molar-refractivity contribution < 1.29 is 19.1 Å². The number of rotatable bonds is 7. The molecule has 4 heteroatoms. The van der Waals surface area contributed by atoms with Gasteiger partial charge in [0.1, 0.15) is 0 Å². The van der Waals surface area contributed by atoms with E-state index in [-0.39, 0.29) is 11.9 Å². The van der Waals surface area contributed by atoms with Crippen molar-refractivity contribution in [3.8, 4) is 0 Å². The predicted octanol–water partition coefficient (Wildman–Crippen LogP) is 3.09. The normalized spacial score (nSPS) is 8.94. The van der Waals surface area contributed by atoms with Crippen molar-refractivity contribution in [1.82, 2.24) is 0 Å². The molecule has 0 atom stereocenters. The summed E-state index contributed by atoms with van der Waals surface area (Å²) in [6.07, 6.45) is 3.99. The van der Waals surface area contributed by atoms with Gasteiger partial charge in [-0.15, -0.1) is 0 Å². The minimum absolute atomic E-state index is 0.0700. The Labute approximate surface area is 105 Å².